The van der Waals surface area contributed by atoms with Crippen molar-refractivity contribution in [3.63, 3.8) is 0 Å². The number of benzene rings is 1. The smallest absolute Gasteiger partial charge is 0.312 e. The summed E-state index contributed by atoms with van der Waals surface area (Å²) in [5.74, 6) is 1.79. The van der Waals surface area contributed by atoms with E-state index >= 15 is 0 Å². The largest absolute Gasteiger partial charge is 0.497 e. The molecule has 1 atom stereocenters. The number of fused-ring (bicyclic) bond motifs is 1. The third kappa shape index (κ3) is 5.15. The first-order valence-electron chi connectivity index (χ1n) is 9.71. The molecule has 0 aliphatic carbocycles. The minimum atomic E-state index is -0.242. The van der Waals surface area contributed by atoms with E-state index in [-0.39, 0.29) is 42.3 Å². The fourth-order valence-electron chi connectivity index (χ4n) is 4.28. The number of esters is 1. The number of nitrogens with one attached hydrogen (secondary N) is 2. The number of rotatable bonds is 6. The molecule has 0 radical (unpaired) electrons. The number of imidazole rings is 1. The number of methoxy groups -OCH3 is 1. The molecule has 2 aromatic rings. The van der Waals surface area contributed by atoms with E-state index in [4.69, 9.17) is 9.47 Å². The van der Waals surface area contributed by atoms with Gasteiger partial charge in [0.25, 0.3) is 0 Å². The number of cyclic esters (lactones) is 1. The second-order valence-corrected chi connectivity index (χ2v) is 7.84. The highest BCUT2D eigenvalue weighted by atomic mass is 35.5. The normalized spacial score (nSPS) is 20.4. The molecule has 2 aliphatic rings. The van der Waals surface area contributed by atoms with Crippen LogP contribution in [0, 0.1) is 5.41 Å². The highest BCUT2D eigenvalue weighted by Crippen LogP contribution is 2.41. The molecule has 1 aromatic heterocycles. The number of ether oxygens (including phenoxy) is 2. The first-order valence-corrected chi connectivity index (χ1v) is 9.71. The zero-order chi connectivity index (χ0) is 18.9. The number of carbonyl (C=O) groups excluding carboxylic acids is 1. The molecule has 2 fully saturated rings. The summed E-state index contributed by atoms with van der Waals surface area (Å²) in [5.41, 5.74) is 1.70. The lowest BCUT2D eigenvalue weighted by Gasteiger charge is -2.29. The van der Waals surface area contributed by atoms with Crippen LogP contribution in [0.25, 0.3) is 11.0 Å². The number of nitrogens with zero attached hydrogens (tertiary/aromatic N) is 2. The molecule has 4 rings (SSSR count). The number of carbonyl (C=O) groups is 1. The van der Waals surface area contributed by atoms with Crippen molar-refractivity contribution in [1.29, 1.82) is 0 Å². The van der Waals surface area contributed by atoms with Gasteiger partial charge < -0.3 is 24.7 Å². The van der Waals surface area contributed by atoms with Gasteiger partial charge in [0, 0.05) is 32.0 Å². The number of H-pyrrole nitrogens is 1. The zero-order valence-electron chi connectivity index (χ0n) is 16.9. The van der Waals surface area contributed by atoms with Gasteiger partial charge in [-0.15, -0.1) is 24.8 Å². The number of hydrogen-bond donors (Lipinski definition) is 2. The van der Waals surface area contributed by atoms with Crippen LogP contribution in [-0.4, -0.2) is 67.3 Å². The van der Waals surface area contributed by atoms with Crippen LogP contribution in [0.5, 0.6) is 5.75 Å². The Morgan fingerprint density at radius 3 is 2.79 bits per heavy atom. The molecule has 29 heavy (non-hydrogen) atoms. The Morgan fingerprint density at radius 1 is 1.31 bits per heavy atom. The average molecular weight is 445 g/mol. The maximum Gasteiger partial charge on any atom is 0.312 e. The molecular weight excluding hydrogens is 415 g/mol. The number of hydrogen-bond acceptors (Lipinski definition) is 6. The van der Waals surface area contributed by atoms with Gasteiger partial charge in [0.15, 0.2) is 0 Å². The summed E-state index contributed by atoms with van der Waals surface area (Å²) >= 11 is 0. The van der Waals surface area contributed by atoms with Crippen LogP contribution in [0.2, 0.25) is 0 Å². The van der Waals surface area contributed by atoms with E-state index in [9.17, 15) is 4.79 Å². The quantitative estimate of drug-likeness (QED) is 0.666. The Morgan fingerprint density at radius 2 is 2.07 bits per heavy atom. The second kappa shape index (κ2) is 9.98. The summed E-state index contributed by atoms with van der Waals surface area (Å²) in [6.45, 7) is 3.46. The summed E-state index contributed by atoms with van der Waals surface area (Å²) in [5, 5.41) is 3.33. The number of halogens is 2. The second-order valence-electron chi connectivity index (χ2n) is 7.84. The fraction of sp³-hybridized carbons (Fsp3) is 0.600. The van der Waals surface area contributed by atoms with Gasteiger partial charge in [-0.3, -0.25) is 4.79 Å². The summed E-state index contributed by atoms with van der Waals surface area (Å²) in [6, 6.07) is 5.85. The molecule has 0 amide bonds. The molecule has 7 nitrogen and oxygen atoms in total. The Labute approximate surface area is 183 Å². The molecule has 1 spiro atoms. The average Bonchev–Trinajstić information content (AvgIpc) is 3.20. The molecular formula is C20H30Cl2N4O3. The first kappa shape index (κ1) is 23.7. The minimum Gasteiger partial charge on any atom is -0.497 e. The lowest BCUT2D eigenvalue weighted by Crippen LogP contribution is -2.39. The van der Waals surface area contributed by atoms with E-state index in [2.05, 4.69) is 27.2 Å². The summed E-state index contributed by atoms with van der Waals surface area (Å²) in [4.78, 5) is 22.6. The van der Waals surface area contributed by atoms with E-state index in [1.165, 1.54) is 0 Å². The van der Waals surface area contributed by atoms with E-state index in [0.717, 1.165) is 74.5 Å². The van der Waals surface area contributed by atoms with Crippen molar-refractivity contribution in [2.75, 3.05) is 40.3 Å². The predicted molar refractivity (Wildman–Crippen MR) is 117 cm³/mol. The molecule has 3 heterocycles. The third-order valence-corrected chi connectivity index (χ3v) is 5.87. The van der Waals surface area contributed by atoms with Gasteiger partial charge in [-0.2, -0.15) is 0 Å². The lowest BCUT2D eigenvalue weighted by atomic mass is 9.76. The molecule has 9 heteroatoms. The molecule has 1 aromatic carbocycles. The molecule has 2 aliphatic heterocycles. The van der Waals surface area contributed by atoms with Crippen molar-refractivity contribution >= 4 is 41.8 Å². The fourth-order valence-corrected chi connectivity index (χ4v) is 4.28. The van der Waals surface area contributed by atoms with E-state index < -0.39 is 0 Å². The Kier molecular flexibility index (Phi) is 8.17. The SMILES string of the molecule is COc1ccc2nc(CCN(C)CC3CC4(CCNCC4)C(=O)O3)[nH]c2c1.Cl.Cl. The van der Waals surface area contributed by atoms with Crippen molar-refractivity contribution in [2.24, 2.45) is 5.41 Å². The maximum absolute atomic E-state index is 12.4. The van der Waals surface area contributed by atoms with Crippen molar-refractivity contribution in [3.05, 3.63) is 24.0 Å². The van der Waals surface area contributed by atoms with Crippen LogP contribution in [0.15, 0.2) is 18.2 Å². The van der Waals surface area contributed by atoms with Crippen molar-refractivity contribution in [2.45, 2.75) is 31.8 Å². The van der Waals surface area contributed by atoms with Crippen LogP contribution < -0.4 is 10.1 Å². The zero-order valence-corrected chi connectivity index (χ0v) is 18.5. The summed E-state index contributed by atoms with van der Waals surface area (Å²) in [6.07, 6.45) is 3.47. The molecule has 1 unspecified atom stereocenters. The number of likely N-dealkylation sites (N-methyl/N-ethyl adjacent to an activating group) is 1. The van der Waals surface area contributed by atoms with Crippen LogP contribution in [0.1, 0.15) is 25.1 Å². The Balaban J connectivity index is 0.00000150. The van der Waals surface area contributed by atoms with Crippen molar-refractivity contribution in [3.8, 4) is 5.75 Å². The van der Waals surface area contributed by atoms with Gasteiger partial charge in [0.05, 0.1) is 23.6 Å². The Bertz CT molecular complexity index is 823. The molecule has 162 valence electrons. The van der Waals surface area contributed by atoms with Gasteiger partial charge in [0.1, 0.15) is 17.7 Å². The number of piperidine rings is 1. The van der Waals surface area contributed by atoms with Gasteiger partial charge in [-0.05, 0) is 45.1 Å². The molecule has 2 saturated heterocycles. The number of aromatic nitrogens is 2. The van der Waals surface area contributed by atoms with Gasteiger partial charge >= 0.3 is 5.97 Å². The standard InChI is InChI=1S/C20H28N4O3.2ClH/c1-24(13-15-12-20(19(25)27-15)6-8-21-9-7-20)10-5-18-22-16-4-3-14(26-2)11-17(16)23-18;;/h3-4,11,15,21H,5-10,12-13H2,1-2H3,(H,22,23);2*1H. The van der Waals surface area contributed by atoms with E-state index in [0.29, 0.717) is 0 Å². The first-order chi connectivity index (χ1) is 13.1. The van der Waals surface area contributed by atoms with Gasteiger partial charge in [0.2, 0.25) is 0 Å². The van der Waals surface area contributed by atoms with Crippen molar-refractivity contribution < 1.29 is 14.3 Å². The highest BCUT2D eigenvalue weighted by Gasteiger charge is 2.49. The van der Waals surface area contributed by atoms with Crippen LogP contribution >= 0.6 is 24.8 Å². The van der Waals surface area contributed by atoms with Gasteiger partial charge in [-0.25, -0.2) is 4.98 Å². The monoisotopic (exact) mass is 444 g/mol. The van der Waals surface area contributed by atoms with Crippen LogP contribution in [0.4, 0.5) is 0 Å². The minimum absolute atomic E-state index is 0. The van der Waals surface area contributed by atoms with Crippen molar-refractivity contribution in [1.82, 2.24) is 20.2 Å². The lowest BCUT2D eigenvalue weighted by molar-refractivity contribution is -0.150. The molecule has 0 bridgehead atoms. The molecule has 0 saturated carbocycles. The maximum atomic E-state index is 12.4. The van der Waals surface area contributed by atoms with Gasteiger partial charge in [-0.1, -0.05) is 0 Å². The van der Waals surface area contributed by atoms with E-state index in [1.54, 1.807) is 7.11 Å². The van der Waals surface area contributed by atoms with E-state index in [1.807, 2.05) is 18.2 Å². The predicted octanol–water partition coefficient (Wildman–Crippen LogP) is 2.57. The summed E-state index contributed by atoms with van der Waals surface area (Å²) < 4.78 is 11.0. The topological polar surface area (TPSA) is 79.5 Å². The van der Waals surface area contributed by atoms with Crippen LogP contribution in [-0.2, 0) is 16.0 Å². The molecule has 2 N–H and O–H groups in total. The number of aromatic amines is 1. The third-order valence-electron chi connectivity index (χ3n) is 5.87. The van der Waals surface area contributed by atoms with Crippen LogP contribution in [0.3, 0.4) is 0 Å². The Hall–Kier alpha value is -1.54. The summed E-state index contributed by atoms with van der Waals surface area (Å²) in [7, 11) is 3.74. The highest BCUT2D eigenvalue weighted by molar-refractivity contribution is 5.85.